The minimum atomic E-state index is 0.346. The van der Waals surface area contributed by atoms with Gasteiger partial charge in [0.05, 0.1) is 0 Å². The van der Waals surface area contributed by atoms with Crippen molar-refractivity contribution >= 4 is 5.78 Å². The van der Waals surface area contributed by atoms with Gasteiger partial charge in [0, 0.05) is 29.9 Å². The Balaban J connectivity index is 2.03. The van der Waals surface area contributed by atoms with Crippen molar-refractivity contribution in [3.05, 3.63) is 23.5 Å². The van der Waals surface area contributed by atoms with E-state index in [1.165, 1.54) is 12.1 Å². The van der Waals surface area contributed by atoms with E-state index in [2.05, 4.69) is 17.7 Å². The van der Waals surface area contributed by atoms with Gasteiger partial charge in [-0.3, -0.25) is 4.79 Å². The molecule has 1 aromatic heterocycles. The number of hydrogen-bond donors (Lipinski definition) is 0. The minimum Gasteiger partial charge on any atom is -0.347 e. The van der Waals surface area contributed by atoms with Gasteiger partial charge in [-0.2, -0.15) is 0 Å². The van der Waals surface area contributed by atoms with Crippen LogP contribution in [0.3, 0.4) is 0 Å². The Kier molecular flexibility index (Phi) is 1.61. The topological polar surface area (TPSA) is 22.0 Å². The van der Waals surface area contributed by atoms with Crippen molar-refractivity contribution in [3.63, 3.8) is 0 Å². The van der Waals surface area contributed by atoms with E-state index in [-0.39, 0.29) is 0 Å². The van der Waals surface area contributed by atoms with Crippen LogP contribution in [0.15, 0.2) is 12.3 Å². The lowest BCUT2D eigenvalue weighted by Crippen LogP contribution is -2.12. The maximum absolute atomic E-state index is 11.6. The lowest BCUT2D eigenvalue weighted by molar-refractivity contribution is 0.0971. The fourth-order valence-electron chi connectivity index (χ4n) is 2.55. The normalized spacial score (nSPS) is 30.2. The van der Waals surface area contributed by atoms with Crippen LogP contribution in [-0.4, -0.2) is 10.4 Å². The SMILES string of the molecule is CC1CC1n1ccc2c1CCCC2=O. The summed E-state index contributed by atoms with van der Waals surface area (Å²) in [4.78, 5) is 11.6. The van der Waals surface area contributed by atoms with Gasteiger partial charge in [0.1, 0.15) is 0 Å². The van der Waals surface area contributed by atoms with E-state index in [4.69, 9.17) is 0 Å². The summed E-state index contributed by atoms with van der Waals surface area (Å²) in [6, 6.07) is 2.70. The van der Waals surface area contributed by atoms with E-state index in [1.54, 1.807) is 0 Å². The van der Waals surface area contributed by atoms with Crippen LogP contribution in [-0.2, 0) is 6.42 Å². The molecule has 2 aliphatic rings. The van der Waals surface area contributed by atoms with Crippen LogP contribution >= 0.6 is 0 Å². The summed E-state index contributed by atoms with van der Waals surface area (Å²) in [7, 11) is 0. The first-order valence-electron chi connectivity index (χ1n) is 5.50. The molecule has 3 rings (SSSR count). The second-order valence-corrected chi connectivity index (χ2v) is 4.64. The molecule has 14 heavy (non-hydrogen) atoms. The fourth-order valence-corrected chi connectivity index (χ4v) is 2.55. The summed E-state index contributed by atoms with van der Waals surface area (Å²) in [5, 5.41) is 0. The van der Waals surface area contributed by atoms with Gasteiger partial charge in [0.25, 0.3) is 0 Å². The molecule has 2 atom stereocenters. The van der Waals surface area contributed by atoms with Crippen molar-refractivity contribution < 1.29 is 4.79 Å². The van der Waals surface area contributed by atoms with Crippen LogP contribution in [0, 0.1) is 5.92 Å². The van der Waals surface area contributed by atoms with Crippen molar-refractivity contribution in [1.82, 2.24) is 4.57 Å². The number of hydrogen-bond acceptors (Lipinski definition) is 1. The number of fused-ring (bicyclic) bond motifs is 1. The average Bonchev–Trinajstić information content (AvgIpc) is 2.75. The quantitative estimate of drug-likeness (QED) is 0.665. The van der Waals surface area contributed by atoms with Gasteiger partial charge in [-0.05, 0) is 31.2 Å². The second kappa shape index (κ2) is 2.72. The highest BCUT2D eigenvalue weighted by Crippen LogP contribution is 2.44. The third kappa shape index (κ3) is 1.06. The van der Waals surface area contributed by atoms with Gasteiger partial charge in [0.15, 0.2) is 5.78 Å². The molecule has 1 heterocycles. The van der Waals surface area contributed by atoms with E-state index < -0.39 is 0 Å². The number of ketones is 1. The zero-order valence-corrected chi connectivity index (χ0v) is 8.49. The maximum Gasteiger partial charge on any atom is 0.164 e. The van der Waals surface area contributed by atoms with Crippen LogP contribution in [0.1, 0.15) is 48.3 Å². The predicted octanol–water partition coefficient (Wildman–Crippen LogP) is 2.59. The predicted molar refractivity (Wildman–Crippen MR) is 54.5 cm³/mol. The highest BCUT2D eigenvalue weighted by molar-refractivity contribution is 5.98. The molecule has 1 fully saturated rings. The smallest absolute Gasteiger partial charge is 0.164 e. The Morgan fingerprint density at radius 1 is 1.43 bits per heavy atom. The van der Waals surface area contributed by atoms with Gasteiger partial charge >= 0.3 is 0 Å². The molecule has 0 aliphatic heterocycles. The minimum absolute atomic E-state index is 0.346. The Morgan fingerprint density at radius 3 is 2.93 bits per heavy atom. The lowest BCUT2D eigenvalue weighted by atomic mass is 9.97. The first-order valence-corrected chi connectivity index (χ1v) is 5.50. The van der Waals surface area contributed by atoms with Gasteiger partial charge in [-0.15, -0.1) is 0 Å². The molecule has 0 spiro atoms. The summed E-state index contributed by atoms with van der Waals surface area (Å²) in [6.45, 7) is 2.28. The largest absolute Gasteiger partial charge is 0.347 e. The van der Waals surface area contributed by atoms with E-state index in [9.17, 15) is 4.79 Å². The third-order valence-electron chi connectivity index (χ3n) is 3.57. The van der Waals surface area contributed by atoms with Crippen LogP contribution in [0.2, 0.25) is 0 Å². The average molecular weight is 189 g/mol. The highest BCUT2D eigenvalue weighted by Gasteiger charge is 2.36. The van der Waals surface area contributed by atoms with Crippen LogP contribution in [0.5, 0.6) is 0 Å². The van der Waals surface area contributed by atoms with Crippen LogP contribution in [0.4, 0.5) is 0 Å². The Hall–Kier alpha value is -1.05. The number of nitrogens with zero attached hydrogens (tertiary/aromatic N) is 1. The highest BCUT2D eigenvalue weighted by atomic mass is 16.1. The molecular formula is C12H15NO. The zero-order chi connectivity index (χ0) is 9.71. The number of Topliss-reactive ketones (excluding diaryl/α,β-unsaturated/α-hetero) is 1. The summed E-state index contributed by atoms with van der Waals surface area (Å²) in [6.07, 6.45) is 6.28. The molecule has 0 amide bonds. The molecule has 2 unspecified atom stereocenters. The molecule has 0 saturated heterocycles. The van der Waals surface area contributed by atoms with Crippen LogP contribution in [0.25, 0.3) is 0 Å². The van der Waals surface area contributed by atoms with Crippen molar-refractivity contribution in [2.45, 2.75) is 38.6 Å². The summed E-state index contributed by atoms with van der Waals surface area (Å²) >= 11 is 0. The van der Waals surface area contributed by atoms with E-state index in [0.29, 0.717) is 11.8 Å². The molecule has 1 aromatic rings. The molecule has 1 saturated carbocycles. The molecule has 2 aliphatic carbocycles. The fraction of sp³-hybridized carbons (Fsp3) is 0.583. The molecular weight excluding hydrogens is 174 g/mol. The van der Waals surface area contributed by atoms with Gasteiger partial charge in [-0.25, -0.2) is 0 Å². The number of rotatable bonds is 1. The first kappa shape index (κ1) is 8.27. The lowest BCUT2D eigenvalue weighted by Gasteiger charge is -2.14. The van der Waals surface area contributed by atoms with Crippen molar-refractivity contribution in [2.24, 2.45) is 5.92 Å². The van der Waals surface area contributed by atoms with E-state index in [0.717, 1.165) is 30.7 Å². The third-order valence-corrected chi connectivity index (χ3v) is 3.57. The number of carbonyl (C=O) groups is 1. The summed E-state index contributed by atoms with van der Waals surface area (Å²) < 4.78 is 2.34. The van der Waals surface area contributed by atoms with Gasteiger partial charge < -0.3 is 4.57 Å². The summed E-state index contributed by atoms with van der Waals surface area (Å²) in [5.74, 6) is 1.15. The van der Waals surface area contributed by atoms with Gasteiger partial charge in [0.2, 0.25) is 0 Å². The first-order chi connectivity index (χ1) is 6.77. The second-order valence-electron chi connectivity index (χ2n) is 4.64. The zero-order valence-electron chi connectivity index (χ0n) is 8.49. The standard InChI is InChI=1S/C12H15NO/c1-8-7-11(8)13-6-5-9-10(13)3-2-4-12(9)14/h5-6,8,11H,2-4,7H2,1H3. The Bertz CT molecular complexity index is 391. The molecule has 0 N–H and O–H groups in total. The molecule has 74 valence electrons. The maximum atomic E-state index is 11.6. The Morgan fingerprint density at radius 2 is 2.21 bits per heavy atom. The molecule has 0 radical (unpaired) electrons. The molecule has 2 nitrogen and oxygen atoms in total. The molecule has 2 heteroatoms. The van der Waals surface area contributed by atoms with Gasteiger partial charge in [-0.1, -0.05) is 6.92 Å². The monoisotopic (exact) mass is 189 g/mol. The summed E-state index contributed by atoms with van der Waals surface area (Å²) in [5.41, 5.74) is 2.30. The van der Waals surface area contributed by atoms with E-state index >= 15 is 0 Å². The number of aromatic nitrogens is 1. The van der Waals surface area contributed by atoms with Crippen molar-refractivity contribution in [1.29, 1.82) is 0 Å². The van der Waals surface area contributed by atoms with E-state index in [1.807, 2.05) is 6.07 Å². The van der Waals surface area contributed by atoms with Crippen molar-refractivity contribution in [2.75, 3.05) is 0 Å². The molecule has 0 bridgehead atoms. The van der Waals surface area contributed by atoms with Crippen molar-refractivity contribution in [3.8, 4) is 0 Å². The van der Waals surface area contributed by atoms with Crippen LogP contribution < -0.4 is 0 Å². The Labute approximate surface area is 83.9 Å². The number of carbonyl (C=O) groups excluding carboxylic acids is 1. The molecule has 0 aromatic carbocycles.